The van der Waals surface area contributed by atoms with Crippen LogP contribution >= 0.6 is 11.3 Å². The van der Waals surface area contributed by atoms with E-state index in [-0.39, 0.29) is 18.6 Å². The van der Waals surface area contributed by atoms with Gasteiger partial charge in [-0.1, -0.05) is 225 Å². The van der Waals surface area contributed by atoms with Gasteiger partial charge in [-0.05, 0) is 308 Å². The zero-order valence-electron chi connectivity index (χ0n) is 70.7. The molecule has 571 valence electrons. The van der Waals surface area contributed by atoms with Crippen molar-refractivity contribution in [1.82, 2.24) is 15.0 Å². The standard InChI is InChI=1S/C15H16.C15H14.C13H12.C11H12.3C10H11N.C9H10S.2C7H10.V/c2*1-10-3-4-12-8-14-6-11(2)7-15(14)9-13(12)5-10;1-10-3-6-12(7-4-10)13-8-5-11(2)9-13;1-8-3-4-10-6-9(2)7-11(10)5-8;1-7-3-9-4-8(2)6-11-10(9)5-7;1-7-3-9-5-8(2)11-6-10(9)4-7;1-7-5-9-4-3-8(2)11-10(9)6-7;1-6-3-8-5-7(2)10-9(8)4-6;2*1-6-3-4-7(2)5-6;/h3-5,7H,6,8-9H2,1-2H3;3-5,7-9H,6H2,1-2H3;3-6H,9H2,1-2H3;3-6H,7H2,1-2H3;2*4-6H,3H2,1-2H3;3-5H,6H2,1-2H3;4-5H,3H2,1-2H3;3,5H,4H2,1-2H3;3-4H,5H2,1-2H3;/q;;-2;;;;;;;;+2. The Bertz CT molecular complexity index is 5190. The van der Waals surface area contributed by atoms with Gasteiger partial charge in [-0.25, -0.2) is 23.3 Å². The summed E-state index contributed by atoms with van der Waals surface area (Å²) in [5, 5.41) is 2.72. The normalized spacial score (nSPS) is 15.7. The van der Waals surface area contributed by atoms with Gasteiger partial charge in [-0.2, -0.15) is 29.8 Å². The van der Waals surface area contributed by atoms with Gasteiger partial charge in [0.1, 0.15) is 0 Å². The predicted molar refractivity (Wildman–Crippen MR) is 483 cm³/mol. The summed E-state index contributed by atoms with van der Waals surface area (Å²) < 4.78 is 0. The first-order valence-electron chi connectivity index (χ1n) is 40.1. The number of pyridine rings is 3. The van der Waals surface area contributed by atoms with Crippen molar-refractivity contribution in [2.24, 2.45) is 0 Å². The van der Waals surface area contributed by atoms with Crippen molar-refractivity contribution in [2.45, 2.75) is 216 Å². The molecule has 0 fully saturated rings. The van der Waals surface area contributed by atoms with E-state index in [1.807, 2.05) is 43.6 Å². The number of thiophene rings is 1. The Balaban J connectivity index is 0.000000133. The minimum atomic E-state index is 0. The molecule has 20 rings (SSSR count). The SMILES string of the molecule is CC1=CC2=C(C1)Cc1ccc(C)cc1C2.CC1=CC=C(C)C1.CC1=CCC(C)=C1.CC1=C[C-]=C(c2[c-]cc(C)cc2)C1.CC1=Cc2cc3cc(C)ccc3cc2C1.CC1=Cc2ccc(C)cc2C1.CC1=Cc2ccc(C)nc2C1.CC1=Cc2cnc(C)cc2C1.CC1=Cc2ncc(C)cc2C1.CC1=Cc2sc(C)cc2C1.[V+2]. The molecule has 0 N–H and O–H groups in total. The number of benzene rings is 5. The first-order chi connectivity index (χ1) is 53.0. The summed E-state index contributed by atoms with van der Waals surface area (Å²) in [4.78, 5) is 15.9. The van der Waals surface area contributed by atoms with Gasteiger partial charge >= 0.3 is 18.6 Å². The number of rotatable bonds is 1. The van der Waals surface area contributed by atoms with Crippen LogP contribution in [0.15, 0.2) is 242 Å². The number of nitrogens with zero attached hydrogens (tertiary/aromatic N) is 3. The molecule has 0 atom stereocenters. The number of allylic oxidation sites excluding steroid dienone is 22. The number of aromatic nitrogens is 3. The third-order valence-corrected chi connectivity index (χ3v) is 22.4. The minimum absolute atomic E-state index is 0. The van der Waals surface area contributed by atoms with E-state index in [1.54, 1.807) is 22.3 Å². The average molecular weight is 1530 g/mol. The molecule has 0 amide bonds. The number of hydrogen-bond acceptors (Lipinski definition) is 4. The van der Waals surface area contributed by atoms with Gasteiger partial charge in [-0.15, -0.1) is 23.3 Å². The summed E-state index contributed by atoms with van der Waals surface area (Å²) in [7, 11) is 0. The van der Waals surface area contributed by atoms with Gasteiger partial charge in [0.15, 0.2) is 0 Å². The van der Waals surface area contributed by atoms with E-state index in [4.69, 9.17) is 0 Å². The molecule has 9 aromatic rings. The third kappa shape index (κ3) is 24.5. The molecule has 11 aliphatic rings. The van der Waals surface area contributed by atoms with Crippen LogP contribution in [-0.4, -0.2) is 15.0 Å². The zero-order valence-corrected chi connectivity index (χ0v) is 72.9. The third-order valence-electron chi connectivity index (χ3n) is 21.3. The summed E-state index contributed by atoms with van der Waals surface area (Å²) in [6, 6.07) is 45.3. The van der Waals surface area contributed by atoms with Crippen molar-refractivity contribution >= 4 is 64.1 Å². The molecule has 0 unspecified atom stereocenters. The van der Waals surface area contributed by atoms with Crippen LogP contribution in [0.3, 0.4) is 0 Å². The molecule has 0 saturated heterocycles. The number of fused-ring (bicyclic) bond motifs is 8. The second-order valence-corrected chi connectivity index (χ2v) is 34.6. The van der Waals surface area contributed by atoms with E-state index in [0.29, 0.717) is 0 Å². The summed E-state index contributed by atoms with van der Waals surface area (Å²) >= 11 is 1.90. The van der Waals surface area contributed by atoms with Gasteiger partial charge in [0.25, 0.3) is 0 Å². The molecule has 3 nitrogen and oxygen atoms in total. The Kier molecular flexibility index (Phi) is 29.8. The molecule has 5 aromatic carbocycles. The fourth-order valence-electron chi connectivity index (χ4n) is 15.9. The van der Waals surface area contributed by atoms with Crippen LogP contribution in [0.4, 0.5) is 0 Å². The number of hydrogen-bond donors (Lipinski definition) is 0. The summed E-state index contributed by atoms with van der Waals surface area (Å²) in [6.45, 7) is 42.9. The second kappa shape index (κ2) is 39.3. The maximum atomic E-state index is 4.45. The largest absolute Gasteiger partial charge is 2.00 e. The molecular weight excluding hydrogens is 1410 g/mol. The van der Waals surface area contributed by atoms with E-state index in [9.17, 15) is 0 Å². The molecule has 0 bridgehead atoms. The van der Waals surface area contributed by atoms with Crippen LogP contribution in [0.2, 0.25) is 0 Å². The van der Waals surface area contributed by atoms with Gasteiger partial charge in [0.2, 0.25) is 0 Å². The van der Waals surface area contributed by atoms with Crippen molar-refractivity contribution in [1.29, 1.82) is 0 Å². The summed E-state index contributed by atoms with van der Waals surface area (Å²) in [6.07, 6.45) is 47.5. The first kappa shape index (κ1) is 84.9. The van der Waals surface area contributed by atoms with Crippen molar-refractivity contribution in [2.75, 3.05) is 0 Å². The smallest absolute Gasteiger partial charge is 0.261 e. The average Bonchev–Trinajstić information content (AvgIpc) is 1.62. The zero-order chi connectivity index (χ0) is 79.2. The molecular formula is C107H117N3SV. The van der Waals surface area contributed by atoms with Gasteiger partial charge in [0.05, 0.1) is 11.4 Å². The quantitative estimate of drug-likeness (QED) is 0.154. The van der Waals surface area contributed by atoms with E-state index in [1.165, 1.54) is 214 Å². The molecule has 0 saturated carbocycles. The maximum absolute atomic E-state index is 4.45. The molecule has 4 heterocycles. The van der Waals surface area contributed by atoms with Crippen molar-refractivity contribution in [3.05, 3.63) is 381 Å². The molecule has 11 aliphatic carbocycles. The molecule has 0 spiro atoms. The Labute approximate surface area is 689 Å². The fraction of sp³-hybridized carbons (Fsp3) is 0.299. The van der Waals surface area contributed by atoms with E-state index >= 15 is 0 Å². The van der Waals surface area contributed by atoms with Crippen LogP contribution in [0, 0.1) is 67.5 Å². The summed E-state index contributed by atoms with van der Waals surface area (Å²) in [5.74, 6) is 0. The van der Waals surface area contributed by atoms with Crippen LogP contribution < -0.4 is 0 Å². The van der Waals surface area contributed by atoms with Crippen molar-refractivity contribution in [3.63, 3.8) is 0 Å². The Morgan fingerprint density at radius 3 is 1.59 bits per heavy atom. The molecule has 5 heteroatoms. The molecule has 1 radical (unpaired) electrons. The molecule has 4 aromatic heterocycles. The Morgan fingerprint density at radius 1 is 0.348 bits per heavy atom. The Hall–Kier alpha value is -9.55. The van der Waals surface area contributed by atoms with E-state index in [0.717, 1.165) is 62.0 Å². The van der Waals surface area contributed by atoms with Crippen molar-refractivity contribution < 1.29 is 18.6 Å². The van der Waals surface area contributed by atoms with Gasteiger partial charge in [0, 0.05) is 40.0 Å². The minimum Gasteiger partial charge on any atom is -0.261 e. The maximum Gasteiger partial charge on any atom is 2.00 e. The molecule has 112 heavy (non-hydrogen) atoms. The summed E-state index contributed by atoms with van der Waals surface area (Å²) in [5.41, 5.74) is 50.2. The second-order valence-electron chi connectivity index (χ2n) is 33.3. The van der Waals surface area contributed by atoms with Crippen LogP contribution in [0.25, 0.3) is 52.8 Å². The van der Waals surface area contributed by atoms with Crippen LogP contribution in [0.1, 0.15) is 236 Å². The molecule has 0 aliphatic heterocycles. The first-order valence-corrected chi connectivity index (χ1v) is 40.9. The monoisotopic (exact) mass is 1530 g/mol. The predicted octanol–water partition coefficient (Wildman–Crippen LogP) is 28.8. The topological polar surface area (TPSA) is 38.7 Å². The van der Waals surface area contributed by atoms with E-state index in [2.05, 4.69) is 334 Å². The van der Waals surface area contributed by atoms with Gasteiger partial charge in [-0.3, -0.25) is 15.0 Å². The van der Waals surface area contributed by atoms with Gasteiger partial charge < -0.3 is 0 Å². The number of aryl methyl sites for hydroxylation is 8. The van der Waals surface area contributed by atoms with Crippen LogP contribution in [0.5, 0.6) is 0 Å². The van der Waals surface area contributed by atoms with Crippen LogP contribution in [-0.2, 0) is 69.9 Å². The Morgan fingerprint density at radius 2 is 0.938 bits per heavy atom. The van der Waals surface area contributed by atoms with E-state index < -0.39 is 0 Å². The van der Waals surface area contributed by atoms with Crippen molar-refractivity contribution in [3.8, 4) is 0 Å². The fourth-order valence-corrected chi connectivity index (χ4v) is 16.9.